The Bertz CT molecular complexity index is 1800. The number of carbonyl (C=O) groups is 1. The standard InChI is InChI=1S/C38H48N6O5/c1-47-30-10-11-32-31(22-30)26(23-40-32)14-17-39-35(46)8-4-6-19-44-25-28(41-42-44)7-3-5-18-43-20-16-38-15-13-29(45)21-34(38)49-37-33(48-2)12-9-27(24-43)36(37)38/h9-13,15,22-23,25,29,34,40,45H,3-8,14,16-21,24H2,1-2H3,(H,39,46)/t29-,34-,38-/m0/s1. The summed E-state index contributed by atoms with van der Waals surface area (Å²) < 4.78 is 19.4. The molecule has 11 nitrogen and oxygen atoms in total. The van der Waals surface area contributed by atoms with Crippen LogP contribution in [0.15, 0.2) is 54.9 Å². The SMILES string of the molecule is COc1ccc2[nH]cc(CCNC(=O)CCCCn3cc(CCCCN4CC[C@@]56C=C[C@H](O)C[C@@H]5Oc5c(OC)ccc(c56)C4)nn3)c2c1. The van der Waals surface area contributed by atoms with E-state index in [0.717, 1.165) is 105 Å². The van der Waals surface area contributed by atoms with Gasteiger partial charge in [0.2, 0.25) is 5.91 Å². The number of aryl methyl sites for hydroxylation is 2. The Morgan fingerprint density at radius 2 is 2.02 bits per heavy atom. The Hall–Kier alpha value is -4.35. The first-order valence-corrected chi connectivity index (χ1v) is 17.7. The fraction of sp³-hybridized carbons (Fsp3) is 0.500. The van der Waals surface area contributed by atoms with Gasteiger partial charge in [-0.25, -0.2) is 0 Å². The predicted octanol–water partition coefficient (Wildman–Crippen LogP) is 4.85. The van der Waals surface area contributed by atoms with Gasteiger partial charge in [0.15, 0.2) is 11.5 Å². The van der Waals surface area contributed by atoms with Crippen molar-refractivity contribution in [2.75, 3.05) is 33.9 Å². The largest absolute Gasteiger partial charge is 0.497 e. The fourth-order valence-electron chi connectivity index (χ4n) is 7.87. The van der Waals surface area contributed by atoms with E-state index in [1.54, 1.807) is 14.2 Å². The minimum absolute atomic E-state index is 0.0651. The molecule has 1 amide bonds. The number of aliphatic hydroxyl groups excluding tert-OH is 1. The third-order valence-electron chi connectivity index (χ3n) is 10.5. The average Bonchev–Trinajstić information content (AvgIpc) is 3.80. The summed E-state index contributed by atoms with van der Waals surface area (Å²) in [5.74, 6) is 2.55. The first kappa shape index (κ1) is 33.2. The highest BCUT2D eigenvalue weighted by Crippen LogP contribution is 2.55. The summed E-state index contributed by atoms with van der Waals surface area (Å²) >= 11 is 0. The number of unbranched alkanes of at least 4 members (excludes halogenated alkanes) is 2. The smallest absolute Gasteiger partial charge is 0.220 e. The zero-order chi connectivity index (χ0) is 33.8. The minimum atomic E-state index is -0.470. The zero-order valence-corrected chi connectivity index (χ0v) is 28.6. The lowest BCUT2D eigenvalue weighted by atomic mass is 9.69. The van der Waals surface area contributed by atoms with E-state index in [4.69, 9.17) is 14.2 Å². The van der Waals surface area contributed by atoms with Crippen LogP contribution in [0.2, 0.25) is 0 Å². The van der Waals surface area contributed by atoms with Gasteiger partial charge >= 0.3 is 0 Å². The van der Waals surface area contributed by atoms with Gasteiger partial charge in [0.1, 0.15) is 11.9 Å². The van der Waals surface area contributed by atoms with Gasteiger partial charge in [0, 0.05) is 61.3 Å². The van der Waals surface area contributed by atoms with E-state index in [0.29, 0.717) is 19.4 Å². The molecular formula is C38H48N6O5. The first-order chi connectivity index (χ1) is 24.0. The van der Waals surface area contributed by atoms with Gasteiger partial charge in [-0.05, 0) is 93.4 Å². The van der Waals surface area contributed by atoms with Crippen LogP contribution < -0.4 is 19.5 Å². The number of benzene rings is 2. The van der Waals surface area contributed by atoms with Gasteiger partial charge in [-0.2, -0.15) is 0 Å². The number of H-pyrrole nitrogens is 1. The van der Waals surface area contributed by atoms with E-state index in [-0.39, 0.29) is 17.4 Å². The number of hydrogen-bond donors (Lipinski definition) is 3. The molecule has 4 heterocycles. The normalized spacial score (nSPS) is 21.2. The zero-order valence-electron chi connectivity index (χ0n) is 28.6. The Labute approximate surface area is 287 Å². The molecule has 3 N–H and O–H groups in total. The molecule has 0 bridgehead atoms. The second-order valence-electron chi connectivity index (χ2n) is 13.7. The van der Waals surface area contributed by atoms with Crippen molar-refractivity contribution in [2.24, 2.45) is 0 Å². The van der Waals surface area contributed by atoms with Crippen LogP contribution in [0.1, 0.15) is 67.3 Å². The van der Waals surface area contributed by atoms with E-state index in [9.17, 15) is 9.90 Å². The van der Waals surface area contributed by atoms with Crippen LogP contribution in [0, 0.1) is 0 Å². The van der Waals surface area contributed by atoms with Gasteiger partial charge in [0.25, 0.3) is 0 Å². The highest BCUT2D eigenvalue weighted by molar-refractivity contribution is 5.84. The highest BCUT2D eigenvalue weighted by atomic mass is 16.5. The van der Waals surface area contributed by atoms with Gasteiger partial charge in [0.05, 0.1) is 31.4 Å². The first-order valence-electron chi connectivity index (χ1n) is 17.7. The molecule has 0 saturated heterocycles. The molecule has 4 aromatic rings. The lowest BCUT2D eigenvalue weighted by Crippen LogP contribution is -2.43. The molecule has 1 aliphatic carbocycles. The van der Waals surface area contributed by atoms with Crippen LogP contribution in [0.4, 0.5) is 0 Å². The van der Waals surface area contributed by atoms with Crippen molar-refractivity contribution >= 4 is 16.8 Å². The van der Waals surface area contributed by atoms with Crippen molar-refractivity contribution in [3.63, 3.8) is 0 Å². The summed E-state index contributed by atoms with van der Waals surface area (Å²) in [5, 5.41) is 23.3. The Morgan fingerprint density at radius 1 is 1.12 bits per heavy atom. The molecule has 3 atom stereocenters. The van der Waals surface area contributed by atoms with Crippen molar-refractivity contribution < 1.29 is 24.1 Å². The summed E-state index contributed by atoms with van der Waals surface area (Å²) in [6.45, 7) is 4.24. The number of ether oxygens (including phenoxy) is 3. The summed E-state index contributed by atoms with van der Waals surface area (Å²) in [6, 6.07) is 10.2. The van der Waals surface area contributed by atoms with Crippen LogP contribution in [0.3, 0.4) is 0 Å². The Morgan fingerprint density at radius 3 is 2.90 bits per heavy atom. The second-order valence-corrected chi connectivity index (χ2v) is 13.7. The summed E-state index contributed by atoms with van der Waals surface area (Å²) in [7, 11) is 3.36. The van der Waals surface area contributed by atoms with Crippen molar-refractivity contribution in [2.45, 2.75) is 88.5 Å². The number of hydrogen-bond acceptors (Lipinski definition) is 8. The molecule has 11 heteroatoms. The van der Waals surface area contributed by atoms with Crippen molar-refractivity contribution in [1.82, 2.24) is 30.2 Å². The lowest BCUT2D eigenvalue weighted by Gasteiger charge is -2.35. The number of methoxy groups -OCH3 is 2. The summed E-state index contributed by atoms with van der Waals surface area (Å²) in [5.41, 5.74) is 5.60. The third kappa shape index (κ3) is 7.05. The van der Waals surface area contributed by atoms with Crippen molar-refractivity contribution in [1.29, 1.82) is 0 Å². The van der Waals surface area contributed by atoms with E-state index >= 15 is 0 Å². The number of carbonyl (C=O) groups excluding carboxylic acids is 1. The third-order valence-corrected chi connectivity index (χ3v) is 10.5. The molecule has 0 radical (unpaired) electrons. The molecule has 3 aliphatic rings. The quantitative estimate of drug-likeness (QED) is 0.121. The maximum atomic E-state index is 12.4. The van der Waals surface area contributed by atoms with E-state index < -0.39 is 6.10 Å². The van der Waals surface area contributed by atoms with Crippen molar-refractivity contribution in [3.05, 3.63) is 77.3 Å². The molecule has 49 heavy (non-hydrogen) atoms. The van der Waals surface area contributed by atoms with E-state index in [1.165, 1.54) is 16.7 Å². The highest BCUT2D eigenvalue weighted by Gasteiger charge is 2.52. The molecule has 2 aromatic carbocycles. The number of aromatic amines is 1. The van der Waals surface area contributed by atoms with E-state index in [2.05, 4.69) is 37.7 Å². The maximum Gasteiger partial charge on any atom is 0.220 e. The molecule has 0 fully saturated rings. The minimum Gasteiger partial charge on any atom is -0.497 e. The molecule has 2 aromatic heterocycles. The van der Waals surface area contributed by atoms with Gasteiger partial charge < -0.3 is 29.6 Å². The molecule has 1 spiro atoms. The summed E-state index contributed by atoms with van der Waals surface area (Å²) in [6.07, 6.45) is 15.2. The molecule has 260 valence electrons. The number of nitrogens with one attached hydrogen (secondary N) is 2. The Balaban J connectivity index is 0.812. The fourth-order valence-corrected chi connectivity index (χ4v) is 7.87. The topological polar surface area (TPSA) is 127 Å². The second kappa shape index (κ2) is 14.6. The summed E-state index contributed by atoms with van der Waals surface area (Å²) in [4.78, 5) is 18.3. The molecule has 7 rings (SSSR count). The van der Waals surface area contributed by atoms with Crippen LogP contribution in [-0.4, -0.2) is 82.0 Å². The van der Waals surface area contributed by atoms with Crippen LogP contribution in [-0.2, 0) is 36.1 Å². The number of rotatable bonds is 15. The number of fused-ring (bicyclic) bond motifs is 1. The molecule has 0 saturated carbocycles. The number of amides is 1. The number of aliphatic hydroxyl groups is 1. The lowest BCUT2D eigenvalue weighted by molar-refractivity contribution is -0.121. The van der Waals surface area contributed by atoms with Gasteiger partial charge in [-0.15, -0.1) is 5.10 Å². The molecule has 2 aliphatic heterocycles. The van der Waals surface area contributed by atoms with Crippen LogP contribution in [0.5, 0.6) is 17.2 Å². The predicted molar refractivity (Wildman–Crippen MR) is 187 cm³/mol. The molecular weight excluding hydrogens is 620 g/mol. The number of nitrogens with zero attached hydrogens (tertiary/aromatic N) is 4. The molecule has 0 unspecified atom stereocenters. The van der Waals surface area contributed by atoms with E-state index in [1.807, 2.05) is 47.4 Å². The average molecular weight is 669 g/mol. The van der Waals surface area contributed by atoms with Crippen LogP contribution in [0.25, 0.3) is 10.9 Å². The number of aromatic nitrogens is 4. The van der Waals surface area contributed by atoms with Crippen LogP contribution >= 0.6 is 0 Å². The monoisotopic (exact) mass is 668 g/mol. The van der Waals surface area contributed by atoms with Gasteiger partial charge in [-0.3, -0.25) is 14.4 Å². The van der Waals surface area contributed by atoms with Gasteiger partial charge in [-0.1, -0.05) is 23.4 Å². The maximum absolute atomic E-state index is 12.4. The Kier molecular flexibility index (Phi) is 9.91. The van der Waals surface area contributed by atoms with Crippen molar-refractivity contribution in [3.8, 4) is 17.2 Å².